The van der Waals surface area contributed by atoms with E-state index in [1.807, 2.05) is 30.3 Å². The quantitative estimate of drug-likeness (QED) is 0.617. The van der Waals surface area contributed by atoms with Crippen molar-refractivity contribution < 1.29 is 4.79 Å². The van der Waals surface area contributed by atoms with Gasteiger partial charge in [0.25, 0.3) is 5.91 Å². The first-order chi connectivity index (χ1) is 9.63. The SMILES string of the molecule is C=CCCCN(C)C(=O)c1cc(Cl)c2ccccc2n1. The predicted molar refractivity (Wildman–Crippen MR) is 83.1 cm³/mol. The molecule has 2 aromatic rings. The van der Waals surface area contributed by atoms with Crippen LogP contribution >= 0.6 is 11.6 Å². The summed E-state index contributed by atoms with van der Waals surface area (Å²) < 4.78 is 0. The highest BCUT2D eigenvalue weighted by Gasteiger charge is 2.15. The van der Waals surface area contributed by atoms with Crippen LogP contribution in [0.25, 0.3) is 10.9 Å². The topological polar surface area (TPSA) is 33.2 Å². The Kier molecular flexibility index (Phi) is 4.74. The zero-order valence-corrected chi connectivity index (χ0v) is 12.2. The molecule has 0 saturated carbocycles. The number of para-hydroxylation sites is 1. The van der Waals surface area contributed by atoms with Gasteiger partial charge < -0.3 is 4.90 Å². The van der Waals surface area contributed by atoms with Crippen molar-refractivity contribution in [1.82, 2.24) is 9.88 Å². The van der Waals surface area contributed by atoms with E-state index in [-0.39, 0.29) is 5.91 Å². The van der Waals surface area contributed by atoms with E-state index in [0.29, 0.717) is 17.3 Å². The van der Waals surface area contributed by atoms with Gasteiger partial charge >= 0.3 is 0 Å². The van der Waals surface area contributed by atoms with Gasteiger partial charge in [0.15, 0.2) is 0 Å². The molecule has 0 aliphatic rings. The lowest BCUT2D eigenvalue weighted by atomic mass is 10.2. The van der Waals surface area contributed by atoms with E-state index in [4.69, 9.17) is 11.6 Å². The van der Waals surface area contributed by atoms with Crippen molar-refractivity contribution >= 4 is 28.4 Å². The Hall–Kier alpha value is -1.87. The van der Waals surface area contributed by atoms with Gasteiger partial charge in [0.1, 0.15) is 5.69 Å². The van der Waals surface area contributed by atoms with Crippen molar-refractivity contribution in [1.29, 1.82) is 0 Å². The number of unbranched alkanes of at least 4 members (excludes halogenated alkanes) is 1. The number of aromatic nitrogens is 1. The van der Waals surface area contributed by atoms with Crippen molar-refractivity contribution in [3.63, 3.8) is 0 Å². The molecule has 4 heteroatoms. The Morgan fingerprint density at radius 2 is 2.20 bits per heavy atom. The molecule has 1 aromatic heterocycles. The Morgan fingerprint density at radius 1 is 1.45 bits per heavy atom. The Balaban J connectivity index is 2.23. The maximum atomic E-state index is 12.3. The zero-order valence-electron chi connectivity index (χ0n) is 11.5. The van der Waals surface area contributed by atoms with Crippen LogP contribution in [-0.4, -0.2) is 29.4 Å². The smallest absolute Gasteiger partial charge is 0.272 e. The van der Waals surface area contributed by atoms with Crippen molar-refractivity contribution in [2.45, 2.75) is 12.8 Å². The number of amides is 1. The highest BCUT2D eigenvalue weighted by atomic mass is 35.5. The van der Waals surface area contributed by atoms with Crippen LogP contribution in [0.5, 0.6) is 0 Å². The lowest BCUT2D eigenvalue weighted by Crippen LogP contribution is -2.28. The van der Waals surface area contributed by atoms with Crippen molar-refractivity contribution in [3.05, 3.63) is 53.7 Å². The summed E-state index contributed by atoms with van der Waals surface area (Å²) in [4.78, 5) is 18.4. The first-order valence-corrected chi connectivity index (χ1v) is 6.93. The molecule has 0 saturated heterocycles. The fraction of sp³-hybridized carbons (Fsp3) is 0.250. The van der Waals surface area contributed by atoms with Gasteiger partial charge in [-0.05, 0) is 25.0 Å². The molecule has 1 heterocycles. The lowest BCUT2D eigenvalue weighted by molar-refractivity contribution is 0.0788. The number of pyridine rings is 1. The minimum atomic E-state index is -0.110. The van der Waals surface area contributed by atoms with Crippen LogP contribution in [-0.2, 0) is 0 Å². The summed E-state index contributed by atoms with van der Waals surface area (Å²) in [5.41, 5.74) is 1.12. The molecule has 0 radical (unpaired) electrons. The summed E-state index contributed by atoms with van der Waals surface area (Å²) in [7, 11) is 1.77. The second-order valence-corrected chi connectivity index (χ2v) is 5.07. The van der Waals surface area contributed by atoms with E-state index in [1.165, 1.54) is 0 Å². The maximum Gasteiger partial charge on any atom is 0.272 e. The summed E-state index contributed by atoms with van der Waals surface area (Å²) >= 11 is 6.21. The number of carbonyl (C=O) groups is 1. The second-order valence-electron chi connectivity index (χ2n) is 4.66. The lowest BCUT2D eigenvalue weighted by Gasteiger charge is -2.16. The molecule has 0 fully saturated rings. The molecule has 3 nitrogen and oxygen atoms in total. The summed E-state index contributed by atoms with van der Waals surface area (Å²) in [6, 6.07) is 9.17. The van der Waals surface area contributed by atoms with E-state index >= 15 is 0 Å². The number of hydrogen-bond acceptors (Lipinski definition) is 2. The van der Waals surface area contributed by atoms with Gasteiger partial charge in [-0.2, -0.15) is 0 Å². The average Bonchev–Trinajstić information content (AvgIpc) is 2.46. The molecule has 1 aromatic carbocycles. The number of rotatable bonds is 5. The van der Waals surface area contributed by atoms with Crippen LogP contribution in [0.3, 0.4) is 0 Å². The molecule has 0 spiro atoms. The van der Waals surface area contributed by atoms with E-state index in [1.54, 1.807) is 18.0 Å². The number of halogens is 1. The van der Waals surface area contributed by atoms with Crippen molar-refractivity contribution in [2.75, 3.05) is 13.6 Å². The molecule has 20 heavy (non-hydrogen) atoms. The van der Waals surface area contributed by atoms with E-state index in [0.717, 1.165) is 23.7 Å². The number of nitrogens with zero attached hydrogens (tertiary/aromatic N) is 2. The fourth-order valence-electron chi connectivity index (χ4n) is 2.01. The van der Waals surface area contributed by atoms with Gasteiger partial charge in [-0.1, -0.05) is 35.9 Å². The van der Waals surface area contributed by atoms with Gasteiger partial charge in [0.05, 0.1) is 10.5 Å². The third kappa shape index (κ3) is 3.17. The fourth-order valence-corrected chi connectivity index (χ4v) is 2.28. The van der Waals surface area contributed by atoms with Crippen LogP contribution in [0.2, 0.25) is 5.02 Å². The minimum absolute atomic E-state index is 0.110. The average molecular weight is 289 g/mol. The highest BCUT2D eigenvalue weighted by Crippen LogP contribution is 2.23. The van der Waals surface area contributed by atoms with Gasteiger partial charge in [-0.3, -0.25) is 4.79 Å². The van der Waals surface area contributed by atoms with Gasteiger partial charge in [0.2, 0.25) is 0 Å². The maximum absolute atomic E-state index is 12.3. The predicted octanol–water partition coefficient (Wildman–Crippen LogP) is 3.93. The molecule has 0 atom stereocenters. The standard InChI is InChI=1S/C16H17ClN2O/c1-3-4-7-10-19(2)16(20)15-11-13(17)12-8-5-6-9-14(12)18-15/h3,5-6,8-9,11H,1,4,7,10H2,2H3. The molecular formula is C16H17ClN2O. The first-order valence-electron chi connectivity index (χ1n) is 6.55. The number of allylic oxidation sites excluding steroid dienone is 1. The number of carbonyl (C=O) groups excluding carboxylic acids is 1. The molecule has 0 N–H and O–H groups in total. The van der Waals surface area contributed by atoms with E-state index in [9.17, 15) is 4.79 Å². The van der Waals surface area contributed by atoms with Gasteiger partial charge in [-0.25, -0.2) is 4.98 Å². The summed E-state index contributed by atoms with van der Waals surface area (Å²) in [6.45, 7) is 4.35. The zero-order chi connectivity index (χ0) is 14.5. The normalized spacial score (nSPS) is 10.5. The van der Waals surface area contributed by atoms with Crippen molar-refractivity contribution in [2.24, 2.45) is 0 Å². The summed E-state index contributed by atoms with van der Waals surface area (Å²) in [5.74, 6) is -0.110. The van der Waals surface area contributed by atoms with E-state index in [2.05, 4.69) is 11.6 Å². The minimum Gasteiger partial charge on any atom is -0.340 e. The molecule has 0 unspecified atom stereocenters. The highest BCUT2D eigenvalue weighted by molar-refractivity contribution is 6.35. The molecular weight excluding hydrogens is 272 g/mol. The van der Waals surface area contributed by atoms with Crippen LogP contribution in [0.4, 0.5) is 0 Å². The van der Waals surface area contributed by atoms with Crippen LogP contribution in [0, 0.1) is 0 Å². The second kappa shape index (κ2) is 6.53. The van der Waals surface area contributed by atoms with Gasteiger partial charge in [-0.15, -0.1) is 6.58 Å². The Labute approximate surface area is 123 Å². The molecule has 104 valence electrons. The number of hydrogen-bond donors (Lipinski definition) is 0. The monoisotopic (exact) mass is 288 g/mol. The third-order valence-corrected chi connectivity index (χ3v) is 3.45. The summed E-state index contributed by atoms with van der Waals surface area (Å²) in [6.07, 6.45) is 3.64. The largest absolute Gasteiger partial charge is 0.340 e. The Morgan fingerprint density at radius 3 is 2.95 bits per heavy atom. The molecule has 2 rings (SSSR count). The molecule has 0 aliphatic heterocycles. The van der Waals surface area contributed by atoms with Crippen LogP contribution in [0.1, 0.15) is 23.3 Å². The molecule has 1 amide bonds. The number of fused-ring (bicyclic) bond motifs is 1. The van der Waals surface area contributed by atoms with E-state index < -0.39 is 0 Å². The first kappa shape index (κ1) is 14.5. The summed E-state index contributed by atoms with van der Waals surface area (Å²) in [5, 5.41) is 1.42. The van der Waals surface area contributed by atoms with Crippen LogP contribution in [0.15, 0.2) is 43.0 Å². The van der Waals surface area contributed by atoms with Crippen LogP contribution < -0.4 is 0 Å². The molecule has 0 aliphatic carbocycles. The molecule has 0 bridgehead atoms. The van der Waals surface area contributed by atoms with Gasteiger partial charge in [0, 0.05) is 19.0 Å². The third-order valence-electron chi connectivity index (χ3n) is 3.13. The Bertz CT molecular complexity index is 639. The number of benzene rings is 1. The van der Waals surface area contributed by atoms with Crippen molar-refractivity contribution in [3.8, 4) is 0 Å².